The number of benzene rings is 1. The Labute approximate surface area is 166 Å². The zero-order valence-corrected chi connectivity index (χ0v) is 16.9. The smallest absolute Gasteiger partial charge is 0.239 e. The lowest BCUT2D eigenvalue weighted by Gasteiger charge is -2.42. The van der Waals surface area contributed by atoms with Crippen molar-refractivity contribution in [3.8, 4) is 0 Å². The Balaban J connectivity index is 1.69. The van der Waals surface area contributed by atoms with Crippen LogP contribution in [0.3, 0.4) is 0 Å². The van der Waals surface area contributed by atoms with Gasteiger partial charge in [0.25, 0.3) is 0 Å². The molecule has 150 valence electrons. The van der Waals surface area contributed by atoms with E-state index >= 15 is 0 Å². The number of rotatable bonds is 6. The first-order valence-corrected chi connectivity index (χ1v) is 10.0. The highest BCUT2D eigenvalue weighted by molar-refractivity contribution is 6.30. The van der Waals surface area contributed by atoms with Crippen LogP contribution >= 0.6 is 11.6 Å². The van der Waals surface area contributed by atoms with Crippen molar-refractivity contribution in [1.82, 2.24) is 10.2 Å². The summed E-state index contributed by atoms with van der Waals surface area (Å²) >= 11 is 6.06. The molecule has 2 fully saturated rings. The second-order valence-corrected chi connectivity index (χ2v) is 8.40. The van der Waals surface area contributed by atoms with Crippen molar-refractivity contribution in [3.63, 3.8) is 0 Å². The number of hydrogen-bond donors (Lipinski definition) is 2. The third-order valence-electron chi connectivity index (χ3n) is 5.29. The number of ether oxygens (including phenoxy) is 2. The van der Waals surface area contributed by atoms with E-state index in [1.165, 1.54) is 0 Å². The highest BCUT2D eigenvalue weighted by atomic mass is 35.5. The van der Waals surface area contributed by atoms with Gasteiger partial charge in [0.1, 0.15) is 6.04 Å². The van der Waals surface area contributed by atoms with E-state index in [0.29, 0.717) is 24.8 Å². The molecule has 0 aromatic heterocycles. The highest BCUT2D eigenvalue weighted by Crippen LogP contribution is 2.27. The van der Waals surface area contributed by atoms with Crippen LogP contribution in [0.2, 0.25) is 5.02 Å². The Morgan fingerprint density at radius 1 is 1.37 bits per heavy atom. The highest BCUT2D eigenvalue weighted by Gasteiger charge is 2.33. The Bertz CT molecular complexity index is 632. The van der Waals surface area contributed by atoms with Crippen LogP contribution in [0.4, 0.5) is 0 Å². The first kappa shape index (κ1) is 20.6. The van der Waals surface area contributed by atoms with Gasteiger partial charge in [0.15, 0.2) is 0 Å². The topological polar surface area (TPSA) is 76.8 Å². The monoisotopic (exact) mass is 395 g/mol. The summed E-state index contributed by atoms with van der Waals surface area (Å²) in [4.78, 5) is 14.9. The van der Waals surface area contributed by atoms with E-state index in [-0.39, 0.29) is 23.7 Å². The molecule has 2 saturated heterocycles. The third-order valence-corrected chi connectivity index (χ3v) is 5.54. The van der Waals surface area contributed by atoms with Gasteiger partial charge in [0.2, 0.25) is 5.91 Å². The molecule has 1 amide bonds. The Morgan fingerprint density at radius 3 is 2.74 bits per heavy atom. The fraction of sp³-hybridized carbons (Fsp3) is 0.650. The largest absolute Gasteiger partial charge is 0.376 e. The lowest BCUT2D eigenvalue weighted by atomic mass is 10.00. The Kier molecular flexibility index (Phi) is 6.76. The first-order chi connectivity index (χ1) is 12.9. The van der Waals surface area contributed by atoms with E-state index in [4.69, 9.17) is 26.8 Å². The summed E-state index contributed by atoms with van der Waals surface area (Å²) in [5.74, 6) is -0.159. The van der Waals surface area contributed by atoms with Gasteiger partial charge in [0, 0.05) is 31.3 Å². The van der Waals surface area contributed by atoms with E-state index in [1.54, 1.807) is 0 Å². The third kappa shape index (κ3) is 5.42. The number of nitrogens with two attached hydrogens (primary N) is 1. The summed E-state index contributed by atoms with van der Waals surface area (Å²) in [6, 6.07) is 7.21. The number of nitrogens with zero attached hydrogens (tertiary/aromatic N) is 1. The van der Waals surface area contributed by atoms with Gasteiger partial charge in [-0.3, -0.25) is 9.69 Å². The predicted octanol–water partition coefficient (Wildman–Crippen LogP) is 2.11. The standard InChI is InChI=1S/C20H30ClN3O3/c1-20(2)13-24(9-11-27-20)16(14-5-7-15(21)8-6-14)12-23-19(25)18(22)17-4-3-10-26-17/h5-8,16-18H,3-4,9-13,22H2,1-2H3,(H,23,25). The SMILES string of the molecule is CC1(C)CN(C(CNC(=O)C(N)C2CCCO2)c2ccc(Cl)cc2)CCO1. The van der Waals surface area contributed by atoms with Crippen LogP contribution in [0, 0.1) is 0 Å². The average Bonchev–Trinajstić information content (AvgIpc) is 3.16. The first-order valence-electron chi connectivity index (χ1n) is 9.64. The molecule has 3 unspecified atom stereocenters. The van der Waals surface area contributed by atoms with Crippen molar-refractivity contribution >= 4 is 17.5 Å². The van der Waals surface area contributed by atoms with Crippen LogP contribution in [0.25, 0.3) is 0 Å². The fourth-order valence-electron chi connectivity index (χ4n) is 3.83. The number of hydrogen-bond acceptors (Lipinski definition) is 5. The number of halogens is 1. The number of nitrogens with one attached hydrogen (secondary N) is 1. The van der Waals surface area contributed by atoms with Crippen molar-refractivity contribution in [2.45, 2.75) is 50.5 Å². The average molecular weight is 396 g/mol. The quantitative estimate of drug-likeness (QED) is 0.771. The zero-order chi connectivity index (χ0) is 19.4. The second-order valence-electron chi connectivity index (χ2n) is 7.97. The normalized spacial score (nSPS) is 25.1. The molecule has 2 heterocycles. The van der Waals surface area contributed by atoms with Gasteiger partial charge < -0.3 is 20.5 Å². The van der Waals surface area contributed by atoms with Crippen molar-refractivity contribution in [3.05, 3.63) is 34.9 Å². The molecular weight excluding hydrogens is 366 g/mol. The maximum atomic E-state index is 12.5. The maximum absolute atomic E-state index is 12.5. The van der Waals surface area contributed by atoms with Crippen molar-refractivity contribution in [2.24, 2.45) is 5.73 Å². The molecule has 3 atom stereocenters. The summed E-state index contributed by atoms with van der Waals surface area (Å²) in [5.41, 5.74) is 6.99. The van der Waals surface area contributed by atoms with Crippen LogP contribution in [-0.4, -0.2) is 61.4 Å². The summed E-state index contributed by atoms with van der Waals surface area (Å²) < 4.78 is 11.4. The molecule has 2 aliphatic heterocycles. The van der Waals surface area contributed by atoms with Gasteiger partial charge in [-0.1, -0.05) is 23.7 Å². The molecule has 6 nitrogen and oxygen atoms in total. The number of carbonyl (C=O) groups is 1. The molecule has 0 aliphatic carbocycles. The lowest BCUT2D eigenvalue weighted by molar-refractivity contribution is -0.126. The molecule has 1 aromatic carbocycles. The van der Waals surface area contributed by atoms with Gasteiger partial charge in [-0.2, -0.15) is 0 Å². The summed E-state index contributed by atoms with van der Waals surface area (Å²) in [6.45, 7) is 7.60. The molecule has 1 aromatic rings. The van der Waals surface area contributed by atoms with Crippen molar-refractivity contribution < 1.29 is 14.3 Å². The van der Waals surface area contributed by atoms with Crippen LogP contribution in [0.1, 0.15) is 38.3 Å². The Morgan fingerprint density at radius 2 is 2.11 bits per heavy atom. The number of morpholine rings is 1. The summed E-state index contributed by atoms with van der Waals surface area (Å²) in [7, 11) is 0. The summed E-state index contributed by atoms with van der Waals surface area (Å²) in [6.07, 6.45) is 1.62. The van der Waals surface area contributed by atoms with Gasteiger partial charge in [0.05, 0.1) is 24.4 Å². The number of amides is 1. The van der Waals surface area contributed by atoms with Crippen LogP contribution in [-0.2, 0) is 14.3 Å². The fourth-order valence-corrected chi connectivity index (χ4v) is 3.96. The molecule has 7 heteroatoms. The van der Waals surface area contributed by atoms with Gasteiger partial charge in [-0.25, -0.2) is 0 Å². The van der Waals surface area contributed by atoms with Crippen LogP contribution in [0.15, 0.2) is 24.3 Å². The zero-order valence-electron chi connectivity index (χ0n) is 16.1. The number of carbonyl (C=O) groups excluding carboxylic acids is 1. The minimum Gasteiger partial charge on any atom is -0.376 e. The Hall–Kier alpha value is -1.18. The minimum absolute atomic E-state index is 0.0334. The van der Waals surface area contributed by atoms with Crippen LogP contribution < -0.4 is 11.1 Å². The molecule has 0 radical (unpaired) electrons. The molecule has 3 rings (SSSR count). The van der Waals surface area contributed by atoms with Gasteiger partial charge in [-0.05, 0) is 44.4 Å². The van der Waals surface area contributed by atoms with E-state index < -0.39 is 6.04 Å². The summed E-state index contributed by atoms with van der Waals surface area (Å²) in [5, 5.41) is 3.74. The van der Waals surface area contributed by atoms with E-state index in [2.05, 4.69) is 24.1 Å². The molecule has 0 spiro atoms. The van der Waals surface area contributed by atoms with Gasteiger partial charge in [-0.15, -0.1) is 0 Å². The molecule has 2 aliphatic rings. The maximum Gasteiger partial charge on any atom is 0.239 e. The minimum atomic E-state index is -0.625. The van der Waals surface area contributed by atoms with E-state index in [1.807, 2.05) is 24.3 Å². The lowest BCUT2D eigenvalue weighted by Crippen LogP contribution is -2.53. The molecular formula is C20H30ClN3O3. The van der Waals surface area contributed by atoms with Gasteiger partial charge >= 0.3 is 0 Å². The van der Waals surface area contributed by atoms with Crippen molar-refractivity contribution in [1.29, 1.82) is 0 Å². The second kappa shape index (κ2) is 8.88. The van der Waals surface area contributed by atoms with E-state index in [9.17, 15) is 4.79 Å². The molecule has 27 heavy (non-hydrogen) atoms. The molecule has 3 N–H and O–H groups in total. The van der Waals surface area contributed by atoms with Crippen molar-refractivity contribution in [2.75, 3.05) is 32.8 Å². The predicted molar refractivity (Wildman–Crippen MR) is 106 cm³/mol. The molecule has 0 bridgehead atoms. The molecule has 0 saturated carbocycles. The van der Waals surface area contributed by atoms with Crippen LogP contribution in [0.5, 0.6) is 0 Å². The van der Waals surface area contributed by atoms with E-state index in [0.717, 1.165) is 31.5 Å².